The van der Waals surface area contributed by atoms with Gasteiger partial charge in [0.15, 0.2) is 0 Å². The van der Waals surface area contributed by atoms with E-state index in [-0.39, 0.29) is 12.5 Å². The zero-order valence-corrected chi connectivity index (χ0v) is 22.1. The number of carbonyl (C=O) groups is 3. The van der Waals surface area contributed by atoms with Crippen molar-refractivity contribution in [3.05, 3.63) is 66.4 Å². The van der Waals surface area contributed by atoms with Crippen molar-refractivity contribution in [3.63, 3.8) is 0 Å². The summed E-state index contributed by atoms with van der Waals surface area (Å²) in [5.74, 6) is -2.27. The van der Waals surface area contributed by atoms with Crippen LogP contribution in [0.5, 0.6) is 11.5 Å². The number of fused-ring (bicyclic) bond motifs is 1. The monoisotopic (exact) mass is 556 g/mol. The second-order valence-corrected chi connectivity index (χ2v) is 8.70. The number of rotatable bonds is 10. The molecule has 1 saturated heterocycles. The van der Waals surface area contributed by atoms with E-state index in [1.54, 1.807) is 13.3 Å². The minimum absolute atomic E-state index is 0.0768. The number of anilines is 1. The highest BCUT2D eigenvalue weighted by Gasteiger charge is 2.19. The number of aromatic nitrogens is 1. The largest absolute Gasteiger partial charge is 0.497 e. The van der Waals surface area contributed by atoms with E-state index in [1.807, 2.05) is 48.5 Å². The van der Waals surface area contributed by atoms with Crippen LogP contribution in [0, 0.1) is 0 Å². The van der Waals surface area contributed by atoms with Crippen LogP contribution >= 0.6 is 0 Å². The normalized spacial score (nSPS) is 13.5. The number of hydrogen-bond acceptors (Lipinski definition) is 7. The number of carboxylic acids is 2. The first kappa shape index (κ1) is 30.0. The predicted octanol–water partition coefficient (Wildman–Crippen LogP) is 2.79. The Morgan fingerprint density at radius 3 is 2.45 bits per heavy atom. The minimum atomic E-state index is -1.82. The summed E-state index contributed by atoms with van der Waals surface area (Å²) in [4.78, 5) is 38.5. The summed E-state index contributed by atoms with van der Waals surface area (Å²) in [5, 5.41) is 18.6. The first-order valence-corrected chi connectivity index (χ1v) is 12.6. The summed E-state index contributed by atoms with van der Waals surface area (Å²) in [6.07, 6.45) is 5.81. The third-order valence-electron chi connectivity index (χ3n) is 6.14. The highest BCUT2D eigenvalue weighted by atomic mass is 19.1. The SMILES string of the molecule is COc1ccc2c(C(=O)NC/C=C/CN3CCN(c4ccccc4OCCF)CC3)c[nH]c2c1.O=C(O)C(=O)O. The van der Waals surface area contributed by atoms with Crippen LogP contribution < -0.4 is 19.7 Å². The number of carbonyl (C=O) groups excluding carboxylic acids is 1. The summed E-state index contributed by atoms with van der Waals surface area (Å²) >= 11 is 0. The number of carboxylic acid groups (broad SMARTS) is 2. The number of ether oxygens (including phenoxy) is 2. The number of alkyl halides is 1. The molecule has 2 aromatic carbocycles. The average Bonchev–Trinajstić information content (AvgIpc) is 3.40. The molecule has 1 amide bonds. The zero-order chi connectivity index (χ0) is 28.9. The lowest BCUT2D eigenvalue weighted by molar-refractivity contribution is -0.159. The van der Waals surface area contributed by atoms with Gasteiger partial charge in [-0.3, -0.25) is 9.69 Å². The quantitative estimate of drug-likeness (QED) is 0.219. The van der Waals surface area contributed by atoms with E-state index in [0.29, 0.717) is 12.1 Å². The lowest BCUT2D eigenvalue weighted by Gasteiger charge is -2.36. The van der Waals surface area contributed by atoms with Gasteiger partial charge in [0.1, 0.15) is 24.8 Å². The number of nitrogens with zero attached hydrogens (tertiary/aromatic N) is 2. The molecule has 0 saturated carbocycles. The standard InChI is InChI=1S/C26H31FN4O3.C2H2O4/c1-33-20-8-9-21-22(19-29-23(21)18-20)26(32)28-11-4-5-12-30-13-15-31(16-14-30)24-6-2-3-7-25(24)34-17-10-27;3-1(4)2(5)6/h2-9,18-19,29H,10-17H2,1H3,(H,28,32);(H,3,4)(H,5,6)/b5-4+;. The molecule has 214 valence electrons. The van der Waals surface area contributed by atoms with Crippen LogP contribution in [0.1, 0.15) is 10.4 Å². The van der Waals surface area contributed by atoms with Gasteiger partial charge >= 0.3 is 11.9 Å². The molecule has 4 N–H and O–H groups in total. The molecule has 0 spiro atoms. The van der Waals surface area contributed by atoms with Gasteiger partial charge < -0.3 is 34.9 Å². The fourth-order valence-corrected chi connectivity index (χ4v) is 4.13. The van der Waals surface area contributed by atoms with E-state index in [0.717, 1.165) is 60.8 Å². The molecule has 1 aromatic heterocycles. The Morgan fingerprint density at radius 2 is 1.77 bits per heavy atom. The zero-order valence-electron chi connectivity index (χ0n) is 22.1. The minimum Gasteiger partial charge on any atom is -0.497 e. The number of aliphatic carboxylic acids is 2. The lowest BCUT2D eigenvalue weighted by atomic mass is 10.1. The molecule has 0 unspecified atom stereocenters. The molecule has 4 rings (SSSR count). The topological polar surface area (TPSA) is 144 Å². The van der Waals surface area contributed by atoms with Crippen LogP contribution in [0.25, 0.3) is 10.9 Å². The number of hydrogen-bond donors (Lipinski definition) is 4. The molecule has 2 heterocycles. The molecule has 0 radical (unpaired) electrons. The summed E-state index contributed by atoms with van der Waals surface area (Å²) in [6.45, 7) is 4.49. The smallest absolute Gasteiger partial charge is 0.414 e. The van der Waals surface area contributed by atoms with Crippen molar-refractivity contribution in [1.82, 2.24) is 15.2 Å². The Labute approximate surface area is 230 Å². The summed E-state index contributed by atoms with van der Waals surface area (Å²) in [6, 6.07) is 13.4. The van der Waals surface area contributed by atoms with Crippen LogP contribution in [0.15, 0.2) is 60.8 Å². The van der Waals surface area contributed by atoms with Crippen molar-refractivity contribution in [2.45, 2.75) is 0 Å². The van der Waals surface area contributed by atoms with Crippen LogP contribution in [-0.4, -0.2) is 97.6 Å². The van der Waals surface area contributed by atoms with Crippen molar-refractivity contribution in [2.24, 2.45) is 0 Å². The highest BCUT2D eigenvalue weighted by molar-refractivity contribution is 6.27. The number of amides is 1. The summed E-state index contributed by atoms with van der Waals surface area (Å²) in [7, 11) is 1.62. The fourth-order valence-electron chi connectivity index (χ4n) is 4.13. The van der Waals surface area contributed by atoms with Gasteiger partial charge in [-0.1, -0.05) is 24.3 Å². The van der Waals surface area contributed by atoms with E-state index in [2.05, 4.69) is 26.2 Å². The van der Waals surface area contributed by atoms with Crippen molar-refractivity contribution in [2.75, 3.05) is 64.6 Å². The molecule has 1 fully saturated rings. The lowest BCUT2D eigenvalue weighted by Crippen LogP contribution is -2.46. The van der Waals surface area contributed by atoms with Crippen LogP contribution in [-0.2, 0) is 9.59 Å². The third kappa shape index (κ3) is 8.46. The Morgan fingerprint density at radius 1 is 1.05 bits per heavy atom. The van der Waals surface area contributed by atoms with Gasteiger partial charge in [-0.15, -0.1) is 0 Å². The Kier molecular flexibility index (Phi) is 11.3. The van der Waals surface area contributed by atoms with Gasteiger partial charge in [0.2, 0.25) is 0 Å². The van der Waals surface area contributed by atoms with Crippen molar-refractivity contribution >= 4 is 34.4 Å². The number of H-pyrrole nitrogens is 1. The van der Waals surface area contributed by atoms with Gasteiger partial charge in [-0.25, -0.2) is 14.0 Å². The number of methoxy groups -OCH3 is 1. The predicted molar refractivity (Wildman–Crippen MR) is 148 cm³/mol. The van der Waals surface area contributed by atoms with Crippen LogP contribution in [0.4, 0.5) is 10.1 Å². The van der Waals surface area contributed by atoms with Gasteiger partial charge in [0.05, 0.1) is 18.4 Å². The van der Waals surface area contributed by atoms with Gasteiger partial charge in [0, 0.05) is 62.4 Å². The molecule has 3 aromatic rings. The first-order valence-electron chi connectivity index (χ1n) is 12.6. The van der Waals surface area contributed by atoms with E-state index in [9.17, 15) is 9.18 Å². The van der Waals surface area contributed by atoms with Crippen LogP contribution in [0.3, 0.4) is 0 Å². The van der Waals surface area contributed by atoms with Crippen molar-refractivity contribution < 1.29 is 38.5 Å². The van der Waals surface area contributed by atoms with Crippen LogP contribution in [0.2, 0.25) is 0 Å². The van der Waals surface area contributed by atoms with Crippen molar-refractivity contribution in [3.8, 4) is 11.5 Å². The fraction of sp³-hybridized carbons (Fsp3) is 0.321. The molecule has 12 heteroatoms. The molecule has 0 atom stereocenters. The number of aromatic amines is 1. The molecule has 1 aliphatic heterocycles. The van der Waals surface area contributed by atoms with E-state index >= 15 is 0 Å². The number of halogens is 1. The summed E-state index contributed by atoms with van der Waals surface area (Å²) in [5.41, 5.74) is 2.51. The number of benzene rings is 2. The number of nitrogens with one attached hydrogen (secondary N) is 2. The van der Waals surface area contributed by atoms with E-state index < -0.39 is 18.6 Å². The van der Waals surface area contributed by atoms with Gasteiger partial charge in [0.25, 0.3) is 5.91 Å². The molecule has 1 aliphatic rings. The molecular formula is C28H33FN4O7. The Hall–Kier alpha value is -4.58. The maximum absolute atomic E-state index is 12.6. The second-order valence-electron chi connectivity index (χ2n) is 8.70. The Balaban J connectivity index is 0.000000663. The van der Waals surface area contributed by atoms with Gasteiger partial charge in [-0.05, 0) is 24.3 Å². The third-order valence-corrected chi connectivity index (χ3v) is 6.14. The maximum atomic E-state index is 12.6. The molecule has 0 aliphatic carbocycles. The molecule has 11 nitrogen and oxygen atoms in total. The highest BCUT2D eigenvalue weighted by Crippen LogP contribution is 2.29. The number of piperazine rings is 1. The van der Waals surface area contributed by atoms with E-state index in [1.165, 1.54) is 0 Å². The maximum Gasteiger partial charge on any atom is 0.414 e. The molecule has 40 heavy (non-hydrogen) atoms. The van der Waals surface area contributed by atoms with E-state index in [4.69, 9.17) is 29.3 Å². The van der Waals surface area contributed by atoms with Gasteiger partial charge in [-0.2, -0.15) is 0 Å². The molecular weight excluding hydrogens is 523 g/mol. The second kappa shape index (κ2) is 15.1. The average molecular weight is 557 g/mol. The molecule has 0 bridgehead atoms. The summed E-state index contributed by atoms with van der Waals surface area (Å²) < 4.78 is 23.3. The first-order chi connectivity index (χ1) is 19.3. The van der Waals surface area contributed by atoms with Crippen molar-refractivity contribution in [1.29, 1.82) is 0 Å². The Bertz CT molecular complexity index is 1310. The number of para-hydroxylation sites is 2.